The molecule has 0 radical (unpaired) electrons. The van der Waals surface area contributed by atoms with Gasteiger partial charge in [-0.3, -0.25) is 9.78 Å². The van der Waals surface area contributed by atoms with Gasteiger partial charge in [-0.25, -0.2) is 0 Å². The van der Waals surface area contributed by atoms with Gasteiger partial charge in [-0.05, 0) is 54.9 Å². The Hall–Kier alpha value is -3.71. The number of aryl methyl sites for hydroxylation is 1. The molecule has 5 rings (SSSR count). The number of rotatable bonds is 6. The summed E-state index contributed by atoms with van der Waals surface area (Å²) in [4.78, 5) is 19.7. The molecule has 1 aliphatic heterocycles. The van der Waals surface area contributed by atoms with E-state index in [1.807, 2.05) is 60.7 Å². The van der Waals surface area contributed by atoms with E-state index in [2.05, 4.69) is 51.2 Å². The predicted molar refractivity (Wildman–Crippen MR) is 140 cm³/mol. The van der Waals surface area contributed by atoms with Crippen molar-refractivity contribution >= 4 is 39.7 Å². The molecule has 1 saturated heterocycles. The van der Waals surface area contributed by atoms with E-state index in [4.69, 9.17) is 12.2 Å². The number of carbonyl (C=O) groups is 1. The molecule has 0 aliphatic carbocycles. The Labute approximate surface area is 204 Å². The molecule has 3 heterocycles. The van der Waals surface area contributed by atoms with Crippen molar-refractivity contribution in [1.29, 1.82) is 0 Å². The lowest BCUT2D eigenvalue weighted by atomic mass is 10.0. The minimum atomic E-state index is -0.0946. The van der Waals surface area contributed by atoms with E-state index < -0.39 is 0 Å². The molecule has 172 valence electrons. The van der Waals surface area contributed by atoms with Crippen LogP contribution in [0.1, 0.15) is 35.6 Å². The molecular weight excluding hydrogens is 442 g/mol. The zero-order valence-corrected chi connectivity index (χ0v) is 20.0. The van der Waals surface area contributed by atoms with Gasteiger partial charge in [0.05, 0.1) is 17.8 Å². The molecule has 4 aromatic rings. The summed E-state index contributed by atoms with van der Waals surface area (Å²) in [6.45, 7) is 2.59. The van der Waals surface area contributed by atoms with E-state index in [0.717, 1.165) is 27.8 Å². The molecule has 1 fully saturated rings. The van der Waals surface area contributed by atoms with Crippen LogP contribution >= 0.6 is 12.2 Å². The predicted octanol–water partition coefficient (Wildman–Crippen LogP) is 4.88. The van der Waals surface area contributed by atoms with Crippen LogP contribution in [0.5, 0.6) is 0 Å². The number of nitrogens with zero attached hydrogens (tertiary/aromatic N) is 3. The third-order valence-electron chi connectivity index (χ3n) is 6.56. The Morgan fingerprint density at radius 1 is 1.06 bits per heavy atom. The highest BCUT2D eigenvalue weighted by molar-refractivity contribution is 7.80. The number of amides is 1. The molecule has 0 bridgehead atoms. The quantitative estimate of drug-likeness (QED) is 0.394. The van der Waals surface area contributed by atoms with Gasteiger partial charge in [0.1, 0.15) is 0 Å². The maximum Gasteiger partial charge on any atom is 0.226 e. The number of carbonyl (C=O) groups excluding carboxylic acids is 1. The van der Waals surface area contributed by atoms with Crippen LogP contribution in [0, 0.1) is 6.92 Å². The first-order valence-corrected chi connectivity index (χ1v) is 11.8. The van der Waals surface area contributed by atoms with Crippen molar-refractivity contribution < 1.29 is 4.79 Å². The summed E-state index contributed by atoms with van der Waals surface area (Å²) in [5, 5.41) is 9.31. The Morgan fingerprint density at radius 2 is 1.85 bits per heavy atom. The molecule has 0 saturated carbocycles. The zero-order chi connectivity index (χ0) is 23.7. The summed E-state index contributed by atoms with van der Waals surface area (Å²) >= 11 is 5.74. The highest BCUT2D eigenvalue weighted by Crippen LogP contribution is 2.39. The Bertz CT molecular complexity index is 1340. The van der Waals surface area contributed by atoms with Gasteiger partial charge in [-0.2, -0.15) is 0 Å². The van der Waals surface area contributed by atoms with Crippen molar-refractivity contribution in [3.05, 3.63) is 96.1 Å². The van der Waals surface area contributed by atoms with Gasteiger partial charge in [-0.15, -0.1) is 0 Å². The minimum absolute atomic E-state index is 0.0396. The molecular formula is C27H27N5OS. The number of nitrogens with one attached hydrogen (secondary N) is 2. The van der Waals surface area contributed by atoms with Gasteiger partial charge in [0.2, 0.25) is 5.91 Å². The van der Waals surface area contributed by atoms with Crippen LogP contribution in [0.15, 0.2) is 79.0 Å². The number of pyridine rings is 1. The Balaban J connectivity index is 1.37. The largest absolute Gasteiger partial charge is 0.352 e. The van der Waals surface area contributed by atoms with Crippen LogP contribution in [-0.4, -0.2) is 32.0 Å². The average Bonchev–Trinajstić information content (AvgIpc) is 3.36. The summed E-state index contributed by atoms with van der Waals surface area (Å²) in [5.74, 6) is -0.0396. The summed E-state index contributed by atoms with van der Waals surface area (Å²) in [7, 11) is 2.06. The fourth-order valence-corrected chi connectivity index (χ4v) is 5.00. The van der Waals surface area contributed by atoms with Gasteiger partial charge < -0.3 is 20.1 Å². The SMILES string of the molecule is Cc1ccc([C@H]2[C@@H](c3ccccn3)NC(=S)N2CCC(=O)Nc2cccc3ccccc23)n1C. The molecule has 6 nitrogen and oxygen atoms in total. The van der Waals surface area contributed by atoms with Crippen LogP contribution in [0.4, 0.5) is 5.69 Å². The molecule has 7 heteroatoms. The number of benzene rings is 2. The standard InChI is InChI=1S/C27H27N5OS/c1-18-13-14-23(31(18)2)26-25(22-11-5-6-16-28-22)30-27(34)32(26)17-15-24(33)29-21-12-7-9-19-8-3-4-10-20(19)21/h3-14,16,25-26H,15,17H2,1-2H3,(H,29,33)(H,30,34)/t25-,26+/m1/s1. The maximum atomic E-state index is 13.0. The number of anilines is 1. The molecule has 1 aliphatic rings. The van der Waals surface area contributed by atoms with Crippen molar-refractivity contribution in [3.63, 3.8) is 0 Å². The lowest BCUT2D eigenvalue weighted by Gasteiger charge is -2.28. The third kappa shape index (κ3) is 4.15. The second kappa shape index (κ2) is 9.27. The summed E-state index contributed by atoms with van der Waals surface area (Å²) in [5.41, 5.74) is 4.05. The third-order valence-corrected chi connectivity index (χ3v) is 6.91. The van der Waals surface area contributed by atoms with Crippen LogP contribution in [0.2, 0.25) is 0 Å². The van der Waals surface area contributed by atoms with E-state index in [0.29, 0.717) is 18.1 Å². The molecule has 2 aromatic carbocycles. The van der Waals surface area contributed by atoms with Gasteiger partial charge >= 0.3 is 0 Å². The highest BCUT2D eigenvalue weighted by atomic mass is 32.1. The van der Waals surface area contributed by atoms with Gasteiger partial charge in [0.25, 0.3) is 0 Å². The van der Waals surface area contributed by atoms with Crippen LogP contribution in [0.3, 0.4) is 0 Å². The summed E-state index contributed by atoms with van der Waals surface area (Å²) in [6, 6.07) is 24.0. The van der Waals surface area contributed by atoms with Crippen molar-refractivity contribution in [2.24, 2.45) is 7.05 Å². The summed E-state index contributed by atoms with van der Waals surface area (Å²) < 4.78 is 2.18. The lowest BCUT2D eigenvalue weighted by molar-refractivity contribution is -0.116. The molecule has 2 atom stereocenters. The number of fused-ring (bicyclic) bond motifs is 1. The second-order valence-electron chi connectivity index (χ2n) is 8.60. The smallest absolute Gasteiger partial charge is 0.226 e. The monoisotopic (exact) mass is 469 g/mol. The van der Waals surface area contributed by atoms with Gasteiger partial charge in [0.15, 0.2) is 5.11 Å². The molecule has 0 unspecified atom stereocenters. The number of hydrogen-bond donors (Lipinski definition) is 2. The van der Waals surface area contributed by atoms with Crippen molar-refractivity contribution in [2.45, 2.75) is 25.4 Å². The topological polar surface area (TPSA) is 62.2 Å². The maximum absolute atomic E-state index is 13.0. The van der Waals surface area contributed by atoms with Crippen molar-refractivity contribution in [2.75, 3.05) is 11.9 Å². The first-order chi connectivity index (χ1) is 16.5. The van der Waals surface area contributed by atoms with Gasteiger partial charge in [-0.1, -0.05) is 42.5 Å². The van der Waals surface area contributed by atoms with Crippen molar-refractivity contribution in [1.82, 2.24) is 19.8 Å². The zero-order valence-electron chi connectivity index (χ0n) is 19.2. The van der Waals surface area contributed by atoms with E-state index in [1.165, 1.54) is 5.69 Å². The molecule has 0 spiro atoms. The number of hydrogen-bond acceptors (Lipinski definition) is 3. The molecule has 1 amide bonds. The Morgan fingerprint density at radius 3 is 2.62 bits per heavy atom. The molecule has 34 heavy (non-hydrogen) atoms. The Kier molecular flexibility index (Phi) is 6.02. The van der Waals surface area contributed by atoms with Crippen LogP contribution in [0.25, 0.3) is 10.8 Å². The normalized spacial score (nSPS) is 17.7. The van der Waals surface area contributed by atoms with Gasteiger partial charge in [0, 0.05) is 48.7 Å². The summed E-state index contributed by atoms with van der Waals surface area (Å²) in [6.07, 6.45) is 2.12. The fourth-order valence-electron chi connectivity index (χ4n) is 4.67. The second-order valence-corrected chi connectivity index (χ2v) is 8.99. The lowest BCUT2D eigenvalue weighted by Crippen LogP contribution is -2.33. The first-order valence-electron chi connectivity index (χ1n) is 11.4. The molecule has 2 aromatic heterocycles. The minimum Gasteiger partial charge on any atom is -0.352 e. The molecule has 2 N–H and O–H groups in total. The van der Waals surface area contributed by atoms with E-state index in [-0.39, 0.29) is 18.0 Å². The average molecular weight is 470 g/mol. The highest BCUT2D eigenvalue weighted by Gasteiger charge is 2.41. The first kappa shape index (κ1) is 22.1. The van der Waals surface area contributed by atoms with E-state index in [9.17, 15) is 4.79 Å². The van der Waals surface area contributed by atoms with Crippen LogP contribution < -0.4 is 10.6 Å². The number of aromatic nitrogens is 2. The van der Waals surface area contributed by atoms with E-state index in [1.54, 1.807) is 6.20 Å². The van der Waals surface area contributed by atoms with E-state index >= 15 is 0 Å². The fraction of sp³-hybridized carbons (Fsp3) is 0.222. The van der Waals surface area contributed by atoms with Crippen molar-refractivity contribution in [3.8, 4) is 0 Å². The number of thiocarbonyl (C=S) groups is 1. The van der Waals surface area contributed by atoms with Crippen LogP contribution in [-0.2, 0) is 11.8 Å².